The molecular weight excluding hydrogens is 318 g/mol. The summed E-state index contributed by atoms with van der Waals surface area (Å²) in [7, 11) is 0. The first-order chi connectivity index (χ1) is 12.2. The third-order valence-corrected chi connectivity index (χ3v) is 5.49. The Kier molecular flexibility index (Phi) is 4.19. The van der Waals surface area contributed by atoms with Crippen LogP contribution < -0.4 is 4.90 Å². The maximum absolute atomic E-state index is 13.1. The molecule has 6 heteroatoms. The summed E-state index contributed by atoms with van der Waals surface area (Å²) in [5.41, 5.74) is 1.09. The third-order valence-electron chi connectivity index (χ3n) is 5.49. The molecule has 0 aliphatic carbocycles. The van der Waals surface area contributed by atoms with Crippen LogP contribution in [0.25, 0.3) is 0 Å². The van der Waals surface area contributed by atoms with Crippen LogP contribution in [-0.4, -0.2) is 59.7 Å². The van der Waals surface area contributed by atoms with E-state index in [1.54, 1.807) is 21.9 Å². The van der Waals surface area contributed by atoms with Crippen molar-refractivity contribution in [1.82, 2.24) is 9.80 Å². The van der Waals surface area contributed by atoms with Crippen molar-refractivity contribution in [3.05, 3.63) is 29.8 Å². The maximum atomic E-state index is 13.1. The lowest BCUT2D eigenvalue weighted by Crippen LogP contribution is -2.49. The summed E-state index contributed by atoms with van der Waals surface area (Å²) < 4.78 is 0. The number of anilines is 1. The highest BCUT2D eigenvalue weighted by Gasteiger charge is 2.42. The SMILES string of the molecule is O=C(CN1C(=O)[C@H]2CCCN2C(=O)c2ccccc21)N1CCCCC1. The number of piperidine rings is 1. The minimum absolute atomic E-state index is 0.0213. The van der Waals surface area contributed by atoms with Crippen LogP contribution >= 0.6 is 0 Å². The van der Waals surface area contributed by atoms with Crippen LogP contribution in [0.15, 0.2) is 24.3 Å². The van der Waals surface area contributed by atoms with E-state index in [1.165, 1.54) is 0 Å². The fourth-order valence-corrected chi connectivity index (χ4v) is 4.15. The molecule has 3 amide bonds. The first-order valence-corrected chi connectivity index (χ1v) is 9.16. The molecule has 0 aromatic heterocycles. The van der Waals surface area contributed by atoms with Gasteiger partial charge in [-0.25, -0.2) is 0 Å². The van der Waals surface area contributed by atoms with Crippen LogP contribution in [0, 0.1) is 0 Å². The molecule has 2 fully saturated rings. The zero-order chi connectivity index (χ0) is 17.4. The molecule has 3 aliphatic heterocycles. The molecule has 1 aromatic carbocycles. The lowest BCUT2D eigenvalue weighted by atomic mass is 10.1. The van der Waals surface area contributed by atoms with Gasteiger partial charge in [0, 0.05) is 19.6 Å². The van der Waals surface area contributed by atoms with Crippen molar-refractivity contribution in [2.75, 3.05) is 31.1 Å². The maximum Gasteiger partial charge on any atom is 0.256 e. The van der Waals surface area contributed by atoms with Gasteiger partial charge in [-0.3, -0.25) is 14.4 Å². The molecule has 25 heavy (non-hydrogen) atoms. The van der Waals surface area contributed by atoms with Crippen molar-refractivity contribution in [2.24, 2.45) is 0 Å². The van der Waals surface area contributed by atoms with E-state index in [2.05, 4.69) is 0 Å². The predicted octanol–water partition coefficient (Wildman–Crippen LogP) is 1.65. The number of fused-ring (bicyclic) bond motifs is 2. The van der Waals surface area contributed by atoms with Gasteiger partial charge in [-0.05, 0) is 44.2 Å². The number of benzene rings is 1. The normalized spacial score (nSPS) is 23.4. The van der Waals surface area contributed by atoms with E-state index >= 15 is 0 Å². The Morgan fingerprint density at radius 3 is 2.56 bits per heavy atom. The van der Waals surface area contributed by atoms with Crippen molar-refractivity contribution in [1.29, 1.82) is 0 Å². The number of para-hydroxylation sites is 1. The smallest absolute Gasteiger partial charge is 0.256 e. The highest BCUT2D eigenvalue weighted by atomic mass is 16.2. The molecule has 3 heterocycles. The van der Waals surface area contributed by atoms with Crippen LogP contribution in [0.1, 0.15) is 42.5 Å². The Morgan fingerprint density at radius 2 is 1.76 bits per heavy atom. The van der Waals surface area contributed by atoms with Crippen molar-refractivity contribution < 1.29 is 14.4 Å². The molecule has 6 nitrogen and oxygen atoms in total. The number of hydrogen-bond donors (Lipinski definition) is 0. The summed E-state index contributed by atoms with van der Waals surface area (Å²) in [4.78, 5) is 43.8. The van der Waals surface area contributed by atoms with Crippen molar-refractivity contribution in [3.63, 3.8) is 0 Å². The summed E-state index contributed by atoms with van der Waals surface area (Å²) in [5, 5.41) is 0. The molecule has 0 unspecified atom stereocenters. The van der Waals surface area contributed by atoms with E-state index in [0.29, 0.717) is 24.2 Å². The fourth-order valence-electron chi connectivity index (χ4n) is 4.15. The number of rotatable bonds is 2. The van der Waals surface area contributed by atoms with Crippen molar-refractivity contribution >= 4 is 23.4 Å². The van der Waals surface area contributed by atoms with E-state index in [0.717, 1.165) is 38.8 Å². The highest BCUT2D eigenvalue weighted by Crippen LogP contribution is 2.32. The number of likely N-dealkylation sites (tertiary alicyclic amines) is 1. The average molecular weight is 341 g/mol. The van der Waals surface area contributed by atoms with Gasteiger partial charge < -0.3 is 14.7 Å². The lowest BCUT2D eigenvalue weighted by molar-refractivity contribution is -0.132. The van der Waals surface area contributed by atoms with E-state index in [4.69, 9.17) is 0 Å². The summed E-state index contributed by atoms with van der Waals surface area (Å²) >= 11 is 0. The van der Waals surface area contributed by atoms with Crippen LogP contribution in [0.4, 0.5) is 5.69 Å². The molecule has 3 aliphatic rings. The zero-order valence-electron chi connectivity index (χ0n) is 14.3. The van der Waals surface area contributed by atoms with Gasteiger partial charge in [0.25, 0.3) is 5.91 Å². The zero-order valence-corrected chi connectivity index (χ0v) is 14.3. The number of carbonyl (C=O) groups is 3. The third kappa shape index (κ3) is 2.79. The molecule has 132 valence electrons. The summed E-state index contributed by atoms with van der Waals surface area (Å²) in [6.45, 7) is 2.15. The monoisotopic (exact) mass is 341 g/mol. The van der Waals surface area contributed by atoms with Gasteiger partial charge in [0.2, 0.25) is 11.8 Å². The van der Waals surface area contributed by atoms with Crippen LogP contribution in [0.5, 0.6) is 0 Å². The quantitative estimate of drug-likeness (QED) is 0.822. The van der Waals surface area contributed by atoms with E-state index in [1.807, 2.05) is 17.0 Å². The Bertz CT molecular complexity index is 712. The fraction of sp³-hybridized carbons (Fsp3) is 0.526. The minimum Gasteiger partial charge on any atom is -0.341 e. The molecule has 0 radical (unpaired) electrons. The summed E-state index contributed by atoms with van der Waals surface area (Å²) in [6, 6.07) is 6.71. The Labute approximate surface area is 147 Å². The van der Waals surface area contributed by atoms with E-state index in [9.17, 15) is 14.4 Å². The van der Waals surface area contributed by atoms with Crippen LogP contribution in [0.2, 0.25) is 0 Å². The van der Waals surface area contributed by atoms with E-state index < -0.39 is 6.04 Å². The topological polar surface area (TPSA) is 60.9 Å². The van der Waals surface area contributed by atoms with Gasteiger partial charge in [-0.15, -0.1) is 0 Å². The largest absolute Gasteiger partial charge is 0.341 e. The highest BCUT2D eigenvalue weighted by molar-refractivity contribution is 6.12. The number of nitrogens with zero attached hydrogens (tertiary/aromatic N) is 3. The Hall–Kier alpha value is -2.37. The number of amides is 3. The van der Waals surface area contributed by atoms with Gasteiger partial charge in [0.05, 0.1) is 11.3 Å². The number of hydrogen-bond acceptors (Lipinski definition) is 3. The lowest BCUT2D eigenvalue weighted by Gasteiger charge is -2.31. The van der Waals surface area contributed by atoms with Crippen molar-refractivity contribution in [2.45, 2.75) is 38.1 Å². The van der Waals surface area contributed by atoms with Gasteiger partial charge in [0.1, 0.15) is 12.6 Å². The second kappa shape index (κ2) is 6.50. The Balaban J connectivity index is 1.67. The van der Waals surface area contributed by atoms with Gasteiger partial charge in [0.15, 0.2) is 0 Å². The molecule has 4 rings (SSSR count). The van der Waals surface area contributed by atoms with E-state index in [-0.39, 0.29) is 24.3 Å². The van der Waals surface area contributed by atoms with Crippen LogP contribution in [-0.2, 0) is 9.59 Å². The predicted molar refractivity (Wildman–Crippen MR) is 93.3 cm³/mol. The minimum atomic E-state index is -0.436. The van der Waals surface area contributed by atoms with Gasteiger partial charge in [-0.2, -0.15) is 0 Å². The molecule has 0 N–H and O–H groups in total. The molecule has 0 spiro atoms. The molecule has 0 bridgehead atoms. The van der Waals surface area contributed by atoms with Gasteiger partial charge >= 0.3 is 0 Å². The average Bonchev–Trinajstić information content (AvgIpc) is 3.13. The van der Waals surface area contributed by atoms with Gasteiger partial charge in [-0.1, -0.05) is 12.1 Å². The second-order valence-electron chi connectivity index (χ2n) is 7.04. The first kappa shape index (κ1) is 16.1. The summed E-state index contributed by atoms with van der Waals surface area (Å²) in [6.07, 6.45) is 4.70. The summed E-state index contributed by atoms with van der Waals surface area (Å²) in [5.74, 6) is -0.248. The first-order valence-electron chi connectivity index (χ1n) is 9.16. The molecule has 0 saturated carbocycles. The standard InChI is InChI=1S/C19H23N3O3/c23-17(20-10-4-1-5-11-20)13-22-15-8-3-2-7-14(15)18(24)21-12-6-9-16(21)19(22)25/h2-3,7-8,16H,1,4-6,9-13H2/t16-/m1/s1. The molecule has 1 aromatic rings. The van der Waals surface area contributed by atoms with Crippen molar-refractivity contribution in [3.8, 4) is 0 Å². The second-order valence-corrected chi connectivity index (χ2v) is 7.04. The number of carbonyl (C=O) groups excluding carboxylic acids is 3. The molecule has 1 atom stereocenters. The molecular formula is C19H23N3O3. The molecule has 2 saturated heterocycles. The van der Waals surface area contributed by atoms with Crippen LogP contribution in [0.3, 0.4) is 0 Å². The Morgan fingerprint density at radius 1 is 1.00 bits per heavy atom.